The molecule has 0 fully saturated rings. The number of rotatable bonds is 6. The zero-order chi connectivity index (χ0) is 12.5. The highest BCUT2D eigenvalue weighted by molar-refractivity contribution is 5.20. The van der Waals surface area contributed by atoms with Crippen molar-refractivity contribution in [2.24, 2.45) is 0 Å². The second kappa shape index (κ2) is 7.92. The molecule has 0 aliphatic carbocycles. The number of benzene rings is 1. The second-order valence-corrected chi connectivity index (χ2v) is 4.33. The van der Waals surface area contributed by atoms with Crippen LogP contribution in [0.1, 0.15) is 45.1 Å². The summed E-state index contributed by atoms with van der Waals surface area (Å²) in [5.74, 6) is 6.66. The lowest BCUT2D eigenvalue weighted by atomic mass is 9.90. The van der Waals surface area contributed by atoms with E-state index in [1.807, 2.05) is 6.92 Å². The Balaban J connectivity index is 2.64. The van der Waals surface area contributed by atoms with Gasteiger partial charge in [-0.2, -0.15) is 0 Å². The first-order valence-electron chi connectivity index (χ1n) is 6.47. The molecule has 1 nitrogen and oxygen atoms in total. The lowest BCUT2D eigenvalue weighted by molar-refractivity contribution is 0.438. The maximum Gasteiger partial charge on any atom is 0.0142 e. The molecule has 2 unspecified atom stereocenters. The average Bonchev–Trinajstić information content (AvgIpc) is 2.38. The van der Waals surface area contributed by atoms with Crippen LogP contribution < -0.4 is 5.32 Å². The van der Waals surface area contributed by atoms with E-state index in [4.69, 9.17) is 0 Å². The fraction of sp³-hybridized carbons (Fsp3) is 0.500. The Hall–Kier alpha value is -1.26. The minimum Gasteiger partial charge on any atom is -0.314 e. The predicted molar refractivity (Wildman–Crippen MR) is 75.0 cm³/mol. The summed E-state index contributed by atoms with van der Waals surface area (Å²) in [4.78, 5) is 0. The molecule has 0 radical (unpaired) electrons. The normalized spacial score (nSPS) is 13.6. The van der Waals surface area contributed by atoms with Crippen LogP contribution >= 0.6 is 0 Å². The molecule has 1 heteroatoms. The maximum absolute atomic E-state index is 3.57. The average molecular weight is 229 g/mol. The van der Waals surface area contributed by atoms with Crippen LogP contribution in [0.15, 0.2) is 30.3 Å². The summed E-state index contributed by atoms with van der Waals surface area (Å²) >= 11 is 0. The quantitative estimate of drug-likeness (QED) is 0.735. The molecule has 0 spiro atoms. The fourth-order valence-corrected chi connectivity index (χ4v) is 2.13. The van der Waals surface area contributed by atoms with Crippen molar-refractivity contribution < 1.29 is 0 Å². The van der Waals surface area contributed by atoms with Crippen LogP contribution in [0, 0.1) is 11.8 Å². The lowest BCUT2D eigenvalue weighted by Crippen LogP contribution is -2.33. The van der Waals surface area contributed by atoms with Gasteiger partial charge in [-0.05, 0) is 31.4 Å². The molecule has 0 saturated heterocycles. The summed E-state index contributed by atoms with van der Waals surface area (Å²) < 4.78 is 0. The van der Waals surface area contributed by atoms with Crippen molar-refractivity contribution in [2.45, 2.75) is 45.6 Å². The highest BCUT2D eigenvalue weighted by atomic mass is 14.9. The van der Waals surface area contributed by atoms with Crippen LogP contribution in [0.25, 0.3) is 0 Å². The summed E-state index contributed by atoms with van der Waals surface area (Å²) in [5.41, 5.74) is 1.41. The van der Waals surface area contributed by atoms with Crippen LogP contribution in [0.5, 0.6) is 0 Å². The molecule has 0 bridgehead atoms. The van der Waals surface area contributed by atoms with E-state index < -0.39 is 0 Å². The van der Waals surface area contributed by atoms with E-state index >= 15 is 0 Å². The Morgan fingerprint density at radius 3 is 2.53 bits per heavy atom. The topological polar surface area (TPSA) is 12.0 Å². The Kier molecular flexibility index (Phi) is 6.43. The van der Waals surface area contributed by atoms with Crippen LogP contribution in [0.4, 0.5) is 0 Å². The van der Waals surface area contributed by atoms with Crippen LogP contribution in [-0.2, 0) is 0 Å². The van der Waals surface area contributed by atoms with E-state index in [9.17, 15) is 0 Å². The van der Waals surface area contributed by atoms with Crippen molar-refractivity contribution in [1.29, 1.82) is 0 Å². The van der Waals surface area contributed by atoms with Gasteiger partial charge in [0.2, 0.25) is 0 Å². The number of hydrogen-bond acceptors (Lipinski definition) is 1. The molecule has 1 aromatic carbocycles. The van der Waals surface area contributed by atoms with Gasteiger partial charge in [-0.3, -0.25) is 0 Å². The van der Waals surface area contributed by atoms with Gasteiger partial charge in [-0.25, -0.2) is 0 Å². The fourth-order valence-electron chi connectivity index (χ4n) is 2.13. The van der Waals surface area contributed by atoms with Gasteiger partial charge in [0.25, 0.3) is 0 Å². The number of hydrogen-bond donors (Lipinski definition) is 1. The first-order chi connectivity index (χ1) is 8.29. The van der Waals surface area contributed by atoms with Gasteiger partial charge < -0.3 is 5.32 Å². The minimum absolute atomic E-state index is 0.517. The Labute approximate surface area is 106 Å². The summed E-state index contributed by atoms with van der Waals surface area (Å²) in [6, 6.07) is 11.2. The van der Waals surface area contributed by atoms with Crippen LogP contribution in [-0.4, -0.2) is 12.6 Å². The second-order valence-electron chi connectivity index (χ2n) is 4.33. The van der Waals surface area contributed by atoms with Crippen molar-refractivity contribution >= 4 is 0 Å². The van der Waals surface area contributed by atoms with E-state index in [0.29, 0.717) is 12.0 Å². The van der Waals surface area contributed by atoms with Crippen molar-refractivity contribution in [3.8, 4) is 11.8 Å². The van der Waals surface area contributed by atoms with Gasteiger partial charge in [-0.1, -0.05) is 44.2 Å². The third kappa shape index (κ3) is 4.63. The van der Waals surface area contributed by atoms with Gasteiger partial charge in [0.15, 0.2) is 0 Å². The van der Waals surface area contributed by atoms with Gasteiger partial charge in [0, 0.05) is 12.5 Å². The van der Waals surface area contributed by atoms with E-state index in [1.54, 1.807) is 0 Å². The molecule has 17 heavy (non-hydrogen) atoms. The van der Waals surface area contributed by atoms with E-state index in [-0.39, 0.29) is 0 Å². The van der Waals surface area contributed by atoms with E-state index in [0.717, 1.165) is 19.4 Å². The molecule has 1 aromatic rings. The Morgan fingerprint density at radius 1 is 1.24 bits per heavy atom. The third-order valence-electron chi connectivity index (χ3n) is 3.15. The summed E-state index contributed by atoms with van der Waals surface area (Å²) in [7, 11) is 0. The predicted octanol–water partition coefficient (Wildman–Crippen LogP) is 3.57. The molecule has 0 aliphatic heterocycles. The van der Waals surface area contributed by atoms with Crippen molar-refractivity contribution in [3.05, 3.63) is 35.9 Å². The van der Waals surface area contributed by atoms with E-state index in [1.165, 1.54) is 5.56 Å². The summed E-state index contributed by atoms with van der Waals surface area (Å²) in [5, 5.41) is 3.57. The largest absolute Gasteiger partial charge is 0.314 e. The highest BCUT2D eigenvalue weighted by Gasteiger charge is 2.16. The molecule has 2 atom stereocenters. The molecular weight excluding hydrogens is 206 g/mol. The third-order valence-corrected chi connectivity index (χ3v) is 3.15. The summed E-state index contributed by atoms with van der Waals surface area (Å²) in [6.07, 6.45) is 2.09. The van der Waals surface area contributed by atoms with Crippen molar-refractivity contribution in [2.75, 3.05) is 6.54 Å². The molecule has 0 saturated carbocycles. The van der Waals surface area contributed by atoms with Crippen molar-refractivity contribution in [1.82, 2.24) is 5.32 Å². The molecule has 1 rings (SSSR count). The first-order valence-corrected chi connectivity index (χ1v) is 6.47. The number of nitrogens with one attached hydrogen (secondary N) is 1. The Bertz CT molecular complexity index is 358. The highest BCUT2D eigenvalue weighted by Crippen LogP contribution is 2.21. The van der Waals surface area contributed by atoms with Gasteiger partial charge >= 0.3 is 0 Å². The monoisotopic (exact) mass is 229 g/mol. The van der Waals surface area contributed by atoms with Crippen LogP contribution in [0.3, 0.4) is 0 Å². The minimum atomic E-state index is 0.517. The van der Waals surface area contributed by atoms with Gasteiger partial charge in [-0.15, -0.1) is 11.8 Å². The standard InChI is InChI=1S/C16H23N/c1-4-6-8-13-16(17-5-2)14(3)15-11-9-7-10-12-15/h7,9-12,14,16-17H,5,8,13H2,1-3H3. The lowest BCUT2D eigenvalue weighted by Gasteiger charge is -2.24. The first kappa shape index (κ1) is 13.8. The molecule has 0 heterocycles. The van der Waals surface area contributed by atoms with Crippen LogP contribution in [0.2, 0.25) is 0 Å². The molecule has 0 aliphatic rings. The molecular formula is C16H23N. The molecule has 0 aromatic heterocycles. The smallest absolute Gasteiger partial charge is 0.0142 e. The maximum atomic E-state index is 3.57. The number of likely N-dealkylation sites (N-methyl/N-ethyl adjacent to an activating group) is 1. The van der Waals surface area contributed by atoms with Gasteiger partial charge in [0.1, 0.15) is 0 Å². The zero-order valence-corrected chi connectivity index (χ0v) is 11.2. The summed E-state index contributed by atoms with van der Waals surface area (Å²) in [6.45, 7) is 7.38. The molecule has 0 amide bonds. The zero-order valence-electron chi connectivity index (χ0n) is 11.2. The van der Waals surface area contributed by atoms with Crippen molar-refractivity contribution in [3.63, 3.8) is 0 Å². The molecule has 1 N–H and O–H groups in total. The van der Waals surface area contributed by atoms with Gasteiger partial charge in [0.05, 0.1) is 0 Å². The SMILES string of the molecule is CC#CCCC(NCC)C(C)c1ccccc1. The Morgan fingerprint density at radius 2 is 1.94 bits per heavy atom. The van der Waals surface area contributed by atoms with E-state index in [2.05, 4.69) is 61.3 Å². The molecule has 92 valence electrons.